The number of halogens is 2. The van der Waals surface area contributed by atoms with E-state index in [-0.39, 0.29) is 11.9 Å². The maximum atomic E-state index is 6.33. The lowest BCUT2D eigenvalue weighted by atomic mass is 10.2. The summed E-state index contributed by atoms with van der Waals surface area (Å²) in [5.74, 6) is 1.16. The third-order valence-electron chi connectivity index (χ3n) is 3.19. The number of nitrogens with zero attached hydrogens (tertiary/aromatic N) is 2. The van der Waals surface area contributed by atoms with Crippen LogP contribution in [0.2, 0.25) is 5.02 Å². The van der Waals surface area contributed by atoms with Crippen molar-refractivity contribution in [2.75, 3.05) is 12.8 Å². The molecular weight excluding hydrogens is 398 g/mol. The van der Waals surface area contributed by atoms with E-state index in [0.29, 0.717) is 28.7 Å². The molecule has 8 heteroatoms. The Labute approximate surface area is 151 Å². The second-order valence-corrected chi connectivity index (χ2v) is 6.18. The van der Waals surface area contributed by atoms with E-state index in [4.69, 9.17) is 31.2 Å². The first kappa shape index (κ1) is 16.6. The summed E-state index contributed by atoms with van der Waals surface area (Å²) in [6.07, 6.45) is 0. The van der Waals surface area contributed by atoms with Gasteiger partial charge >= 0.3 is 6.01 Å². The second kappa shape index (κ2) is 7.11. The molecule has 6 nitrogen and oxygen atoms in total. The lowest BCUT2D eigenvalue weighted by Gasteiger charge is -2.13. The molecule has 0 aliphatic heterocycles. The van der Waals surface area contributed by atoms with Crippen molar-refractivity contribution in [3.63, 3.8) is 0 Å². The molecule has 1 aromatic heterocycles. The van der Waals surface area contributed by atoms with Crippen molar-refractivity contribution in [3.8, 4) is 23.0 Å². The molecule has 0 fully saturated rings. The molecule has 0 bridgehead atoms. The number of nitrogens with two attached hydrogens (primary N) is 1. The first-order valence-electron chi connectivity index (χ1n) is 6.91. The zero-order valence-corrected chi connectivity index (χ0v) is 15.0. The molecule has 24 heavy (non-hydrogen) atoms. The number of hydrogen-bond acceptors (Lipinski definition) is 6. The molecule has 0 unspecified atom stereocenters. The van der Waals surface area contributed by atoms with E-state index in [1.807, 2.05) is 24.3 Å². The molecular formula is C16H13BrClN3O3. The molecule has 0 saturated carbocycles. The highest BCUT2D eigenvalue weighted by Gasteiger charge is 2.16. The first-order valence-corrected chi connectivity index (χ1v) is 8.08. The fourth-order valence-electron chi connectivity index (χ4n) is 2.12. The van der Waals surface area contributed by atoms with Crippen LogP contribution in [0.25, 0.3) is 11.5 Å². The first-order chi connectivity index (χ1) is 11.6. The Kier molecular flexibility index (Phi) is 4.92. The van der Waals surface area contributed by atoms with Crippen molar-refractivity contribution in [3.05, 3.63) is 51.5 Å². The van der Waals surface area contributed by atoms with Gasteiger partial charge in [-0.3, -0.25) is 0 Å². The minimum Gasteiger partial charge on any atom is -0.493 e. The van der Waals surface area contributed by atoms with Crippen LogP contribution < -0.4 is 15.2 Å². The van der Waals surface area contributed by atoms with Gasteiger partial charge in [-0.05, 0) is 29.8 Å². The number of hydrogen-bond donors (Lipinski definition) is 1. The van der Waals surface area contributed by atoms with Gasteiger partial charge < -0.3 is 19.6 Å². The Morgan fingerprint density at radius 3 is 2.75 bits per heavy atom. The highest BCUT2D eigenvalue weighted by molar-refractivity contribution is 9.10. The SMILES string of the molecule is COc1cc(-c2nnc(N)o2)cc(Cl)c1OCc1cccc(Br)c1. The van der Waals surface area contributed by atoms with Crippen LogP contribution in [-0.2, 0) is 6.61 Å². The van der Waals surface area contributed by atoms with Crippen molar-refractivity contribution in [1.82, 2.24) is 10.2 Å². The summed E-state index contributed by atoms with van der Waals surface area (Å²) in [4.78, 5) is 0. The molecule has 0 radical (unpaired) electrons. The van der Waals surface area contributed by atoms with Gasteiger partial charge in [0.05, 0.1) is 12.1 Å². The standard InChI is InChI=1S/C16H13BrClN3O3/c1-22-13-7-10(15-20-21-16(19)24-15)6-12(18)14(13)23-8-9-3-2-4-11(17)5-9/h2-7H,8H2,1H3,(H2,19,21). The largest absolute Gasteiger partial charge is 0.493 e. The fraction of sp³-hybridized carbons (Fsp3) is 0.125. The van der Waals surface area contributed by atoms with E-state index in [9.17, 15) is 0 Å². The molecule has 0 atom stereocenters. The number of nitrogen functional groups attached to an aromatic ring is 1. The summed E-state index contributed by atoms with van der Waals surface area (Å²) in [6, 6.07) is 11.2. The Bertz CT molecular complexity index is 870. The van der Waals surface area contributed by atoms with Gasteiger partial charge in [0.25, 0.3) is 0 Å². The predicted molar refractivity (Wildman–Crippen MR) is 94.2 cm³/mol. The van der Waals surface area contributed by atoms with Crippen molar-refractivity contribution in [1.29, 1.82) is 0 Å². The highest BCUT2D eigenvalue weighted by Crippen LogP contribution is 2.39. The lowest BCUT2D eigenvalue weighted by Crippen LogP contribution is -1.99. The van der Waals surface area contributed by atoms with Crippen LogP contribution in [-0.4, -0.2) is 17.3 Å². The van der Waals surface area contributed by atoms with Crippen LogP contribution >= 0.6 is 27.5 Å². The van der Waals surface area contributed by atoms with E-state index < -0.39 is 0 Å². The fourth-order valence-corrected chi connectivity index (χ4v) is 2.83. The van der Waals surface area contributed by atoms with Crippen molar-refractivity contribution < 1.29 is 13.9 Å². The lowest BCUT2D eigenvalue weighted by molar-refractivity contribution is 0.284. The smallest absolute Gasteiger partial charge is 0.313 e. The quantitative estimate of drug-likeness (QED) is 0.674. The van der Waals surface area contributed by atoms with Crippen LogP contribution in [0.4, 0.5) is 6.01 Å². The summed E-state index contributed by atoms with van der Waals surface area (Å²) in [5, 5.41) is 7.83. The zero-order chi connectivity index (χ0) is 17.1. The summed E-state index contributed by atoms with van der Waals surface area (Å²) in [6.45, 7) is 0.350. The molecule has 2 aromatic carbocycles. The van der Waals surface area contributed by atoms with Gasteiger partial charge in [-0.2, -0.15) is 0 Å². The van der Waals surface area contributed by atoms with Gasteiger partial charge in [0.1, 0.15) is 6.61 Å². The molecule has 1 heterocycles. The molecule has 0 amide bonds. The molecule has 2 N–H and O–H groups in total. The molecule has 3 rings (SSSR count). The van der Waals surface area contributed by atoms with Crippen LogP contribution in [0.1, 0.15) is 5.56 Å². The number of aromatic nitrogens is 2. The topological polar surface area (TPSA) is 83.4 Å². The summed E-state index contributed by atoms with van der Waals surface area (Å²) >= 11 is 9.76. The Balaban J connectivity index is 1.87. The van der Waals surface area contributed by atoms with Gasteiger partial charge in [0.2, 0.25) is 5.89 Å². The summed E-state index contributed by atoms with van der Waals surface area (Å²) < 4.78 is 17.4. The van der Waals surface area contributed by atoms with E-state index in [2.05, 4.69) is 26.1 Å². The minimum atomic E-state index is -0.0185. The molecule has 0 spiro atoms. The third-order valence-corrected chi connectivity index (χ3v) is 3.96. The number of ether oxygens (including phenoxy) is 2. The number of anilines is 1. The minimum absolute atomic E-state index is 0.0185. The average molecular weight is 411 g/mol. The number of benzene rings is 2. The molecule has 0 aliphatic rings. The van der Waals surface area contributed by atoms with Gasteiger partial charge in [0.15, 0.2) is 11.5 Å². The second-order valence-electron chi connectivity index (χ2n) is 4.85. The molecule has 0 saturated heterocycles. The van der Waals surface area contributed by atoms with E-state index in [1.165, 1.54) is 7.11 Å². The van der Waals surface area contributed by atoms with Gasteiger partial charge in [0, 0.05) is 10.0 Å². The van der Waals surface area contributed by atoms with Crippen LogP contribution in [0, 0.1) is 0 Å². The predicted octanol–water partition coefficient (Wildman–Crippen LogP) is 4.32. The Morgan fingerprint density at radius 2 is 2.08 bits per heavy atom. The van der Waals surface area contributed by atoms with Crippen molar-refractivity contribution in [2.24, 2.45) is 0 Å². The number of rotatable bonds is 5. The van der Waals surface area contributed by atoms with Gasteiger partial charge in [-0.25, -0.2) is 0 Å². The maximum Gasteiger partial charge on any atom is 0.313 e. The normalized spacial score (nSPS) is 10.6. The monoisotopic (exact) mass is 409 g/mol. The van der Waals surface area contributed by atoms with E-state index >= 15 is 0 Å². The Hall–Kier alpha value is -2.25. The number of methoxy groups -OCH3 is 1. The van der Waals surface area contributed by atoms with Crippen molar-refractivity contribution >= 4 is 33.5 Å². The Morgan fingerprint density at radius 1 is 1.25 bits per heavy atom. The van der Waals surface area contributed by atoms with Crippen LogP contribution in [0.5, 0.6) is 11.5 Å². The highest BCUT2D eigenvalue weighted by atomic mass is 79.9. The third kappa shape index (κ3) is 3.63. The maximum absolute atomic E-state index is 6.33. The molecule has 0 aliphatic carbocycles. The molecule has 124 valence electrons. The summed E-state index contributed by atoms with van der Waals surface area (Å²) in [7, 11) is 1.53. The van der Waals surface area contributed by atoms with E-state index in [0.717, 1.165) is 10.0 Å². The van der Waals surface area contributed by atoms with Gasteiger partial charge in [-0.1, -0.05) is 44.8 Å². The van der Waals surface area contributed by atoms with Crippen LogP contribution in [0.15, 0.2) is 45.3 Å². The molecule has 3 aromatic rings. The van der Waals surface area contributed by atoms with Crippen LogP contribution in [0.3, 0.4) is 0 Å². The van der Waals surface area contributed by atoms with Gasteiger partial charge in [-0.15, -0.1) is 5.10 Å². The average Bonchev–Trinajstić information content (AvgIpc) is 2.99. The summed E-state index contributed by atoms with van der Waals surface area (Å²) in [5.41, 5.74) is 7.04. The van der Waals surface area contributed by atoms with E-state index in [1.54, 1.807) is 12.1 Å². The van der Waals surface area contributed by atoms with Crippen molar-refractivity contribution in [2.45, 2.75) is 6.61 Å². The zero-order valence-electron chi connectivity index (χ0n) is 12.6.